The zero-order chi connectivity index (χ0) is 14.3. The van der Waals surface area contributed by atoms with Crippen molar-refractivity contribution in [2.45, 2.75) is 24.7 Å². The number of hydrogen-bond donors (Lipinski definition) is 0. The van der Waals surface area contributed by atoms with Gasteiger partial charge in [-0.05, 0) is 0 Å². The van der Waals surface area contributed by atoms with Gasteiger partial charge in [0.05, 0.1) is 30.2 Å². The lowest BCUT2D eigenvalue weighted by Gasteiger charge is -2.43. The lowest BCUT2D eigenvalue weighted by Crippen LogP contribution is -2.55. The van der Waals surface area contributed by atoms with Crippen LogP contribution in [-0.2, 0) is 4.74 Å². The molecular formula is C11H14ClFN4O3. The zero-order valence-corrected chi connectivity index (χ0v) is 11.4. The number of piperidine rings is 1. The third-order valence-corrected chi connectivity index (χ3v) is 4.17. The molecule has 0 N–H and O–H groups in total. The molecule has 0 saturated carbocycles. The summed E-state index contributed by atoms with van der Waals surface area (Å²) in [7, 11) is 0. The second-order valence-corrected chi connectivity index (χ2v) is 5.51. The van der Waals surface area contributed by atoms with E-state index in [0.717, 1.165) is 6.20 Å². The second kappa shape index (κ2) is 5.27. The number of alkyl halides is 1. The van der Waals surface area contributed by atoms with E-state index in [9.17, 15) is 14.5 Å². The highest BCUT2D eigenvalue weighted by atomic mass is 35.5. The largest absolute Gasteiger partial charge is 0.378 e. The number of rotatable bonds is 3. The number of aromatic nitrogens is 2. The smallest absolute Gasteiger partial charge is 0.325 e. The number of nitro groups is 1. The standard InChI is InChI=1S/C11H14ClFN4O3/c12-11-10(17(18)19)2-14-16(11)8-1-7(13)3-15(4-8)9-5-20-6-9/h2,7-9H,1,3-6H2/t7-,8+/m0/s1. The van der Waals surface area contributed by atoms with E-state index < -0.39 is 11.1 Å². The van der Waals surface area contributed by atoms with Gasteiger partial charge in [-0.25, -0.2) is 9.07 Å². The maximum atomic E-state index is 13.9. The third-order valence-electron chi connectivity index (χ3n) is 3.80. The first-order valence-electron chi connectivity index (χ1n) is 6.39. The molecule has 1 aromatic rings. The van der Waals surface area contributed by atoms with Gasteiger partial charge in [-0.15, -0.1) is 0 Å². The summed E-state index contributed by atoms with van der Waals surface area (Å²) < 4.78 is 20.4. The average molecular weight is 305 g/mol. The molecule has 110 valence electrons. The summed E-state index contributed by atoms with van der Waals surface area (Å²) in [6.45, 7) is 2.15. The number of hydrogen-bond acceptors (Lipinski definition) is 5. The van der Waals surface area contributed by atoms with Crippen LogP contribution >= 0.6 is 11.6 Å². The summed E-state index contributed by atoms with van der Waals surface area (Å²) in [6, 6.07) is -0.0686. The van der Waals surface area contributed by atoms with Crippen LogP contribution in [0.4, 0.5) is 10.1 Å². The quantitative estimate of drug-likeness (QED) is 0.624. The van der Waals surface area contributed by atoms with Crippen molar-refractivity contribution < 1.29 is 14.1 Å². The Labute approximate surface area is 119 Å². The van der Waals surface area contributed by atoms with E-state index in [-0.39, 0.29) is 29.3 Å². The van der Waals surface area contributed by atoms with Gasteiger partial charge in [0, 0.05) is 19.5 Å². The molecule has 2 aliphatic heterocycles. The Hall–Kier alpha value is -1.25. The van der Waals surface area contributed by atoms with Crippen LogP contribution in [0.25, 0.3) is 0 Å². The highest BCUT2D eigenvalue weighted by Gasteiger charge is 2.37. The molecule has 0 amide bonds. The van der Waals surface area contributed by atoms with E-state index in [4.69, 9.17) is 16.3 Å². The Balaban J connectivity index is 1.80. The maximum Gasteiger partial charge on any atom is 0.325 e. The minimum absolute atomic E-state index is 0.0427. The molecule has 2 saturated heterocycles. The Morgan fingerprint density at radius 1 is 1.45 bits per heavy atom. The minimum atomic E-state index is -0.992. The monoisotopic (exact) mass is 304 g/mol. The molecule has 3 heterocycles. The summed E-state index contributed by atoms with van der Waals surface area (Å²) in [5.41, 5.74) is -0.244. The van der Waals surface area contributed by atoms with Gasteiger partial charge in [0.15, 0.2) is 0 Å². The minimum Gasteiger partial charge on any atom is -0.378 e. The van der Waals surface area contributed by atoms with Crippen molar-refractivity contribution in [3.8, 4) is 0 Å². The summed E-state index contributed by atoms with van der Waals surface area (Å²) in [6.07, 6.45) is 0.387. The Morgan fingerprint density at radius 3 is 2.75 bits per heavy atom. The van der Waals surface area contributed by atoms with Gasteiger partial charge >= 0.3 is 5.69 Å². The van der Waals surface area contributed by atoms with Crippen LogP contribution in [0, 0.1) is 10.1 Å². The molecule has 0 spiro atoms. The fourth-order valence-corrected chi connectivity index (χ4v) is 2.97. The molecule has 7 nitrogen and oxygen atoms in total. The fraction of sp³-hybridized carbons (Fsp3) is 0.727. The third kappa shape index (κ3) is 2.38. The molecule has 2 aliphatic rings. The van der Waals surface area contributed by atoms with E-state index in [1.165, 1.54) is 4.68 Å². The molecule has 1 aromatic heterocycles. The first kappa shape index (κ1) is 13.7. The van der Waals surface area contributed by atoms with Crippen molar-refractivity contribution >= 4 is 17.3 Å². The number of ether oxygens (including phenoxy) is 1. The van der Waals surface area contributed by atoms with Gasteiger partial charge in [-0.1, -0.05) is 11.6 Å². The van der Waals surface area contributed by atoms with E-state index in [2.05, 4.69) is 5.10 Å². The van der Waals surface area contributed by atoms with Crippen LogP contribution in [0.5, 0.6) is 0 Å². The topological polar surface area (TPSA) is 73.4 Å². The Morgan fingerprint density at radius 2 is 2.20 bits per heavy atom. The van der Waals surface area contributed by atoms with E-state index in [0.29, 0.717) is 26.3 Å². The van der Waals surface area contributed by atoms with Gasteiger partial charge in [-0.2, -0.15) is 5.10 Å². The van der Waals surface area contributed by atoms with Crippen molar-refractivity contribution in [3.05, 3.63) is 21.5 Å². The molecule has 2 atom stereocenters. The van der Waals surface area contributed by atoms with Gasteiger partial charge in [0.2, 0.25) is 5.15 Å². The second-order valence-electron chi connectivity index (χ2n) is 5.15. The molecule has 3 rings (SSSR count). The number of nitrogens with zero attached hydrogens (tertiary/aromatic N) is 4. The highest BCUT2D eigenvalue weighted by Crippen LogP contribution is 2.32. The molecule has 2 fully saturated rings. The average Bonchev–Trinajstić information content (AvgIpc) is 2.68. The first-order valence-corrected chi connectivity index (χ1v) is 6.77. The molecule has 20 heavy (non-hydrogen) atoms. The van der Waals surface area contributed by atoms with E-state index >= 15 is 0 Å². The van der Waals surface area contributed by atoms with Crippen molar-refractivity contribution in [1.82, 2.24) is 14.7 Å². The van der Waals surface area contributed by atoms with Gasteiger partial charge in [0.25, 0.3) is 0 Å². The number of halogens is 2. The van der Waals surface area contributed by atoms with Crippen LogP contribution in [-0.4, -0.2) is 58.1 Å². The van der Waals surface area contributed by atoms with Crippen LogP contribution in [0.3, 0.4) is 0 Å². The zero-order valence-electron chi connectivity index (χ0n) is 10.6. The van der Waals surface area contributed by atoms with Crippen molar-refractivity contribution in [3.63, 3.8) is 0 Å². The molecule has 0 bridgehead atoms. The van der Waals surface area contributed by atoms with Crippen molar-refractivity contribution in [2.24, 2.45) is 0 Å². The van der Waals surface area contributed by atoms with E-state index in [1.807, 2.05) is 4.90 Å². The lowest BCUT2D eigenvalue weighted by atomic mass is 10.0. The number of likely N-dealkylation sites (tertiary alicyclic amines) is 1. The Bertz CT molecular complexity index is 522. The van der Waals surface area contributed by atoms with Gasteiger partial charge in [0.1, 0.15) is 12.4 Å². The Kier molecular flexibility index (Phi) is 3.61. The summed E-state index contributed by atoms with van der Waals surface area (Å²) in [4.78, 5) is 12.2. The van der Waals surface area contributed by atoms with Crippen LogP contribution in [0.1, 0.15) is 12.5 Å². The van der Waals surface area contributed by atoms with Crippen molar-refractivity contribution in [2.75, 3.05) is 26.3 Å². The normalized spacial score (nSPS) is 28.3. The summed E-state index contributed by atoms with van der Waals surface area (Å²) in [5.74, 6) is 0. The summed E-state index contributed by atoms with van der Waals surface area (Å²) in [5, 5.41) is 14.7. The first-order chi connectivity index (χ1) is 9.56. The molecule has 9 heteroatoms. The van der Waals surface area contributed by atoms with Gasteiger partial charge < -0.3 is 4.74 Å². The van der Waals surface area contributed by atoms with Crippen LogP contribution < -0.4 is 0 Å². The van der Waals surface area contributed by atoms with E-state index in [1.54, 1.807) is 0 Å². The summed E-state index contributed by atoms with van der Waals surface area (Å²) >= 11 is 5.97. The van der Waals surface area contributed by atoms with Crippen molar-refractivity contribution in [1.29, 1.82) is 0 Å². The highest BCUT2D eigenvalue weighted by molar-refractivity contribution is 6.31. The predicted molar refractivity (Wildman–Crippen MR) is 68.6 cm³/mol. The van der Waals surface area contributed by atoms with Gasteiger partial charge in [-0.3, -0.25) is 15.0 Å². The molecular weight excluding hydrogens is 291 g/mol. The molecule has 0 aromatic carbocycles. The molecule has 0 unspecified atom stereocenters. The SMILES string of the molecule is O=[N+]([O-])c1cnn([C@@H]2C[C@H](F)CN(C3COC3)C2)c1Cl. The fourth-order valence-electron chi connectivity index (χ4n) is 2.67. The van der Waals surface area contributed by atoms with Crippen LogP contribution in [0.2, 0.25) is 5.15 Å². The van der Waals surface area contributed by atoms with Crippen LogP contribution in [0.15, 0.2) is 6.20 Å². The molecule has 0 radical (unpaired) electrons. The molecule has 0 aliphatic carbocycles. The predicted octanol–water partition coefficient (Wildman–Crippen LogP) is 1.43. The maximum absolute atomic E-state index is 13.9. The lowest BCUT2D eigenvalue weighted by molar-refractivity contribution is -0.384.